The highest BCUT2D eigenvalue weighted by atomic mass is 35.5. The van der Waals surface area contributed by atoms with Crippen molar-refractivity contribution in [2.24, 2.45) is 5.73 Å². The number of benzene rings is 1. The van der Waals surface area contributed by atoms with Crippen molar-refractivity contribution in [2.45, 2.75) is 31.3 Å². The smallest absolute Gasteiger partial charge is 0.222 e. The highest BCUT2D eigenvalue weighted by Crippen LogP contribution is 2.36. The predicted octanol–water partition coefficient (Wildman–Crippen LogP) is 3.87. The van der Waals surface area contributed by atoms with Crippen molar-refractivity contribution in [1.29, 1.82) is 0 Å². The maximum absolute atomic E-state index is 5.93. The van der Waals surface area contributed by atoms with Crippen LogP contribution in [0.5, 0.6) is 0 Å². The maximum Gasteiger partial charge on any atom is 0.222 e. The minimum Gasteiger partial charge on any atom is -0.368 e. The fourth-order valence-electron chi connectivity index (χ4n) is 3.20. The van der Waals surface area contributed by atoms with E-state index in [4.69, 9.17) is 16.5 Å². The van der Waals surface area contributed by atoms with E-state index in [0.29, 0.717) is 18.4 Å². The lowest BCUT2D eigenvalue weighted by Gasteiger charge is -2.32. The first kappa shape index (κ1) is 22.4. The predicted molar refractivity (Wildman–Crippen MR) is 121 cm³/mol. The SMILES string of the molecule is CN(Cc1csc(-c2ccccc2)n1)c1cc(C2CC(N)C2)nc(N)n1.Cl.Cl. The summed E-state index contributed by atoms with van der Waals surface area (Å²) < 4.78 is 0. The van der Waals surface area contributed by atoms with E-state index in [1.165, 1.54) is 0 Å². The molecule has 6 nitrogen and oxygen atoms in total. The van der Waals surface area contributed by atoms with Crippen LogP contribution >= 0.6 is 36.2 Å². The maximum atomic E-state index is 5.93. The lowest BCUT2D eigenvalue weighted by atomic mass is 9.78. The van der Waals surface area contributed by atoms with Crippen molar-refractivity contribution in [3.63, 3.8) is 0 Å². The van der Waals surface area contributed by atoms with Crippen molar-refractivity contribution in [2.75, 3.05) is 17.7 Å². The van der Waals surface area contributed by atoms with Gasteiger partial charge < -0.3 is 16.4 Å². The molecule has 0 atom stereocenters. The molecular formula is C19H24Cl2N6S. The highest BCUT2D eigenvalue weighted by molar-refractivity contribution is 7.13. The van der Waals surface area contributed by atoms with Gasteiger partial charge in [0.25, 0.3) is 0 Å². The van der Waals surface area contributed by atoms with Crippen LogP contribution in [0.15, 0.2) is 41.8 Å². The number of anilines is 2. The van der Waals surface area contributed by atoms with Gasteiger partial charge in [-0.05, 0) is 12.8 Å². The Kier molecular flexibility index (Phi) is 7.60. The third-order valence-corrected chi connectivity index (χ3v) is 5.65. The van der Waals surface area contributed by atoms with Crippen LogP contribution in [0.2, 0.25) is 0 Å². The van der Waals surface area contributed by atoms with Crippen LogP contribution in [-0.2, 0) is 6.54 Å². The van der Waals surface area contributed by atoms with Crippen molar-refractivity contribution in [1.82, 2.24) is 15.0 Å². The molecule has 0 bridgehead atoms. The van der Waals surface area contributed by atoms with Crippen LogP contribution in [0.3, 0.4) is 0 Å². The number of nitrogens with two attached hydrogens (primary N) is 2. The van der Waals surface area contributed by atoms with Gasteiger partial charge in [0.05, 0.1) is 17.9 Å². The van der Waals surface area contributed by atoms with Crippen LogP contribution in [0.25, 0.3) is 10.6 Å². The molecule has 28 heavy (non-hydrogen) atoms. The fraction of sp³-hybridized carbons (Fsp3) is 0.316. The van der Waals surface area contributed by atoms with E-state index in [1.807, 2.05) is 31.3 Å². The molecule has 150 valence electrons. The summed E-state index contributed by atoms with van der Waals surface area (Å²) in [7, 11) is 2.00. The van der Waals surface area contributed by atoms with Gasteiger partial charge in [0.15, 0.2) is 0 Å². The van der Waals surface area contributed by atoms with Crippen molar-refractivity contribution < 1.29 is 0 Å². The second kappa shape index (κ2) is 9.52. The molecular weight excluding hydrogens is 415 g/mol. The minimum atomic E-state index is 0. The third-order valence-electron chi connectivity index (χ3n) is 4.71. The van der Waals surface area contributed by atoms with Gasteiger partial charge in [-0.15, -0.1) is 36.2 Å². The van der Waals surface area contributed by atoms with Crippen LogP contribution in [0.4, 0.5) is 11.8 Å². The second-order valence-electron chi connectivity index (χ2n) is 6.80. The number of nitrogens with zero attached hydrogens (tertiary/aromatic N) is 4. The van der Waals surface area contributed by atoms with E-state index in [2.05, 4.69) is 32.4 Å². The monoisotopic (exact) mass is 438 g/mol. The topological polar surface area (TPSA) is 94.0 Å². The Morgan fingerprint density at radius 1 is 1.11 bits per heavy atom. The Bertz CT molecular complexity index is 898. The number of halogens is 2. The summed E-state index contributed by atoms with van der Waals surface area (Å²) in [5.41, 5.74) is 15.0. The van der Waals surface area contributed by atoms with E-state index < -0.39 is 0 Å². The molecule has 1 saturated carbocycles. The average Bonchev–Trinajstić information content (AvgIpc) is 3.07. The molecule has 1 aromatic carbocycles. The summed E-state index contributed by atoms with van der Waals surface area (Å²) in [4.78, 5) is 15.6. The van der Waals surface area contributed by atoms with E-state index in [9.17, 15) is 0 Å². The summed E-state index contributed by atoms with van der Waals surface area (Å²) in [5.74, 6) is 1.53. The van der Waals surface area contributed by atoms with Crippen LogP contribution in [0.1, 0.15) is 30.1 Å². The molecule has 0 aliphatic heterocycles. The normalized spacial score (nSPS) is 17.8. The molecule has 0 spiro atoms. The lowest BCUT2D eigenvalue weighted by molar-refractivity contribution is 0.345. The molecule has 1 aliphatic rings. The number of rotatable bonds is 5. The summed E-state index contributed by atoms with van der Waals surface area (Å²) in [6, 6.07) is 12.5. The number of thiazole rings is 1. The first-order valence-electron chi connectivity index (χ1n) is 8.69. The van der Waals surface area contributed by atoms with Gasteiger partial charge in [-0.1, -0.05) is 30.3 Å². The standard InChI is InChI=1S/C19H22N6S.2ClH/c1-25(10-15-11-26-18(22-15)12-5-3-2-4-6-12)17-9-16(23-19(21)24-17)13-7-14(20)8-13;;/h2-6,9,11,13-14H,7-8,10,20H2,1H3,(H2,21,23,24);2*1H. The zero-order valence-electron chi connectivity index (χ0n) is 15.5. The van der Waals surface area contributed by atoms with Gasteiger partial charge in [0.2, 0.25) is 5.95 Å². The van der Waals surface area contributed by atoms with Gasteiger partial charge in [-0.3, -0.25) is 0 Å². The molecule has 2 aromatic heterocycles. The second-order valence-corrected chi connectivity index (χ2v) is 7.66. The van der Waals surface area contributed by atoms with Gasteiger partial charge in [-0.2, -0.15) is 4.98 Å². The quantitative estimate of drug-likeness (QED) is 0.627. The molecule has 0 saturated heterocycles. The molecule has 0 unspecified atom stereocenters. The number of hydrogen-bond acceptors (Lipinski definition) is 7. The van der Waals surface area contributed by atoms with Crippen LogP contribution in [-0.4, -0.2) is 28.0 Å². The van der Waals surface area contributed by atoms with Crippen molar-refractivity contribution in [3.05, 3.63) is 53.2 Å². The zero-order chi connectivity index (χ0) is 18.1. The molecule has 2 heterocycles. The molecule has 4 N–H and O–H groups in total. The lowest BCUT2D eigenvalue weighted by Crippen LogP contribution is -2.35. The summed E-state index contributed by atoms with van der Waals surface area (Å²) >= 11 is 1.65. The van der Waals surface area contributed by atoms with Gasteiger partial charge in [0, 0.05) is 36.0 Å². The Morgan fingerprint density at radius 2 is 1.82 bits per heavy atom. The molecule has 1 aliphatic carbocycles. The minimum absolute atomic E-state index is 0. The molecule has 0 amide bonds. The summed E-state index contributed by atoms with van der Waals surface area (Å²) in [6.45, 7) is 0.670. The van der Waals surface area contributed by atoms with Crippen molar-refractivity contribution in [3.8, 4) is 10.6 Å². The average molecular weight is 439 g/mol. The Hall–Kier alpha value is -1.93. The van der Waals surface area contributed by atoms with Gasteiger partial charge in [0.1, 0.15) is 10.8 Å². The summed E-state index contributed by atoms with van der Waals surface area (Å²) in [5, 5.41) is 3.12. The fourth-order valence-corrected chi connectivity index (χ4v) is 4.01. The van der Waals surface area contributed by atoms with E-state index >= 15 is 0 Å². The van der Waals surface area contributed by atoms with Crippen LogP contribution < -0.4 is 16.4 Å². The van der Waals surface area contributed by atoms with Gasteiger partial charge >= 0.3 is 0 Å². The number of hydrogen-bond donors (Lipinski definition) is 2. The number of nitrogen functional groups attached to an aromatic ring is 1. The molecule has 1 fully saturated rings. The molecule has 3 aromatic rings. The van der Waals surface area contributed by atoms with E-state index in [-0.39, 0.29) is 30.9 Å². The molecule has 4 rings (SSSR count). The number of aromatic nitrogens is 3. The Balaban J connectivity index is 0.00000140. The zero-order valence-corrected chi connectivity index (χ0v) is 17.9. The van der Waals surface area contributed by atoms with E-state index in [1.54, 1.807) is 11.3 Å². The largest absolute Gasteiger partial charge is 0.368 e. The first-order valence-corrected chi connectivity index (χ1v) is 9.57. The molecule has 9 heteroatoms. The van der Waals surface area contributed by atoms with Crippen molar-refractivity contribution >= 4 is 47.9 Å². The first-order chi connectivity index (χ1) is 12.6. The Morgan fingerprint density at radius 3 is 2.50 bits per heavy atom. The summed E-state index contributed by atoms with van der Waals surface area (Å²) in [6.07, 6.45) is 1.93. The van der Waals surface area contributed by atoms with E-state index in [0.717, 1.165) is 40.6 Å². The van der Waals surface area contributed by atoms with Gasteiger partial charge in [-0.25, -0.2) is 9.97 Å². The Labute approximate surface area is 181 Å². The highest BCUT2D eigenvalue weighted by Gasteiger charge is 2.29. The molecule has 0 radical (unpaired) electrons. The van der Waals surface area contributed by atoms with Crippen LogP contribution in [0, 0.1) is 0 Å². The third kappa shape index (κ3) is 4.91.